The Morgan fingerprint density at radius 3 is 1.95 bits per heavy atom. The Labute approximate surface area is 269 Å². The maximum Gasteiger partial charge on any atom is 0.303 e. The molecule has 5 rings (SSSR count). The second-order valence-electron chi connectivity index (χ2n) is 9.54. The first-order chi connectivity index (χ1) is 20.2. The molecule has 0 bridgehead atoms. The van der Waals surface area contributed by atoms with Crippen LogP contribution in [-0.4, -0.2) is 25.3 Å². The lowest BCUT2D eigenvalue weighted by Gasteiger charge is -2.33. The molecule has 42 heavy (non-hydrogen) atoms. The summed E-state index contributed by atoms with van der Waals surface area (Å²) in [6.45, 7) is 2.79. The molecule has 0 fully saturated rings. The van der Waals surface area contributed by atoms with Crippen molar-refractivity contribution in [2.24, 2.45) is 0 Å². The summed E-state index contributed by atoms with van der Waals surface area (Å²) in [6.07, 6.45) is -0.818. The van der Waals surface area contributed by atoms with E-state index in [1.54, 1.807) is 12.1 Å². The third-order valence-electron chi connectivity index (χ3n) is 6.65. The number of hydrogen-bond donors (Lipinski definition) is 0. The van der Waals surface area contributed by atoms with Crippen LogP contribution in [0.5, 0.6) is 11.5 Å². The number of carbonyl (C=O) groups excluding carboxylic acids is 2. The van der Waals surface area contributed by atoms with E-state index in [-0.39, 0.29) is 13.4 Å². The second-order valence-corrected chi connectivity index (χ2v) is 12.3. The highest BCUT2D eigenvalue weighted by atomic mass is 79.9. The third-order valence-corrected chi connectivity index (χ3v) is 8.20. The summed E-state index contributed by atoms with van der Waals surface area (Å²) in [4.78, 5) is 26.7. The molecule has 0 saturated heterocycles. The normalized spacial score (nSPS) is 13.3. The smallest absolute Gasteiger partial charge is 0.303 e. The van der Waals surface area contributed by atoms with E-state index in [0.717, 1.165) is 36.0 Å². The molecule has 4 aromatic rings. The zero-order valence-corrected chi connectivity index (χ0v) is 27.4. The number of esters is 2. The van der Waals surface area contributed by atoms with Gasteiger partial charge in [0.15, 0.2) is 11.5 Å². The standard InChI is InChI=1S/C32H26Br3NO6/c1-19(37)39-17-28(32(42-20(2)38)21-3-14-30-31(15-21)41-18-40-30)27-16-24(35)8-13-29(27)36(25-9-4-22(33)5-10-25)26-11-6-23(34)7-12-26/h3-16,28,32H,17-18H2,1-2H3/t28-,32+/m0/s1. The minimum absolute atomic E-state index is 0.0420. The van der Waals surface area contributed by atoms with Gasteiger partial charge in [0, 0.05) is 44.3 Å². The summed E-state index contributed by atoms with van der Waals surface area (Å²) in [5, 5.41) is 0. The van der Waals surface area contributed by atoms with Gasteiger partial charge in [-0.2, -0.15) is 0 Å². The molecular weight excluding hydrogens is 734 g/mol. The topological polar surface area (TPSA) is 74.3 Å². The highest BCUT2D eigenvalue weighted by Gasteiger charge is 2.34. The molecule has 0 aromatic heterocycles. The van der Waals surface area contributed by atoms with Crippen molar-refractivity contribution in [1.82, 2.24) is 0 Å². The molecule has 0 spiro atoms. The summed E-state index contributed by atoms with van der Waals surface area (Å²) in [5.41, 5.74) is 4.10. The Morgan fingerprint density at radius 1 is 0.762 bits per heavy atom. The second kappa shape index (κ2) is 13.3. The first kappa shape index (κ1) is 30.1. The van der Waals surface area contributed by atoms with Gasteiger partial charge in [-0.1, -0.05) is 53.9 Å². The Hall–Kier alpha value is -3.34. The van der Waals surface area contributed by atoms with E-state index >= 15 is 0 Å². The molecule has 0 unspecified atom stereocenters. The predicted octanol–water partition coefficient (Wildman–Crippen LogP) is 9.12. The van der Waals surface area contributed by atoms with Crippen molar-refractivity contribution >= 4 is 76.8 Å². The van der Waals surface area contributed by atoms with Crippen LogP contribution in [0, 0.1) is 0 Å². The van der Waals surface area contributed by atoms with Gasteiger partial charge in [-0.3, -0.25) is 9.59 Å². The summed E-state index contributed by atoms with van der Waals surface area (Å²) < 4.78 is 25.4. The lowest BCUT2D eigenvalue weighted by molar-refractivity contribution is -0.150. The number of ether oxygens (including phenoxy) is 4. The van der Waals surface area contributed by atoms with Gasteiger partial charge in [0.2, 0.25) is 6.79 Å². The van der Waals surface area contributed by atoms with Gasteiger partial charge < -0.3 is 23.8 Å². The molecule has 0 radical (unpaired) electrons. The van der Waals surface area contributed by atoms with Crippen molar-refractivity contribution in [3.8, 4) is 11.5 Å². The van der Waals surface area contributed by atoms with Crippen LogP contribution in [0.2, 0.25) is 0 Å². The number of nitrogens with zero attached hydrogens (tertiary/aromatic N) is 1. The average molecular weight is 760 g/mol. The van der Waals surface area contributed by atoms with E-state index in [2.05, 4.69) is 52.7 Å². The molecule has 1 heterocycles. The molecule has 1 aliphatic rings. The van der Waals surface area contributed by atoms with Gasteiger partial charge in [0.05, 0.1) is 5.92 Å². The number of anilines is 3. The monoisotopic (exact) mass is 757 g/mol. The van der Waals surface area contributed by atoms with Gasteiger partial charge in [0.25, 0.3) is 0 Å². The van der Waals surface area contributed by atoms with Gasteiger partial charge in [0.1, 0.15) is 12.7 Å². The molecule has 0 N–H and O–H groups in total. The number of rotatable bonds is 9. The number of carbonyl (C=O) groups is 2. The Kier molecular flexibility index (Phi) is 9.55. The molecule has 216 valence electrons. The van der Waals surface area contributed by atoms with Crippen LogP contribution in [0.25, 0.3) is 0 Å². The SMILES string of the molecule is CC(=O)OC[C@@H](c1cc(Br)ccc1N(c1ccc(Br)cc1)c1ccc(Br)cc1)[C@H](OC(C)=O)c1ccc2c(c1)OCO2. The van der Waals surface area contributed by atoms with E-state index in [0.29, 0.717) is 17.1 Å². The summed E-state index contributed by atoms with van der Waals surface area (Å²) >= 11 is 10.7. The van der Waals surface area contributed by atoms with Gasteiger partial charge in [-0.05, 0) is 90.0 Å². The van der Waals surface area contributed by atoms with E-state index in [4.69, 9.17) is 18.9 Å². The van der Waals surface area contributed by atoms with E-state index < -0.39 is 24.0 Å². The van der Waals surface area contributed by atoms with Crippen molar-refractivity contribution in [2.45, 2.75) is 25.9 Å². The van der Waals surface area contributed by atoms with Crippen molar-refractivity contribution in [3.63, 3.8) is 0 Å². The molecule has 10 heteroatoms. The van der Waals surface area contributed by atoms with E-state index in [9.17, 15) is 9.59 Å². The van der Waals surface area contributed by atoms with Crippen LogP contribution in [0.3, 0.4) is 0 Å². The molecular formula is C32H26Br3NO6. The highest BCUT2D eigenvalue weighted by Crippen LogP contribution is 2.46. The maximum absolute atomic E-state index is 12.5. The fourth-order valence-electron chi connectivity index (χ4n) is 4.83. The predicted molar refractivity (Wildman–Crippen MR) is 171 cm³/mol. The van der Waals surface area contributed by atoms with Crippen LogP contribution in [0.4, 0.5) is 17.1 Å². The molecule has 4 aromatic carbocycles. The number of hydrogen-bond acceptors (Lipinski definition) is 7. The molecule has 0 aliphatic carbocycles. The van der Waals surface area contributed by atoms with Crippen molar-refractivity contribution in [2.75, 3.05) is 18.3 Å². The summed E-state index contributed by atoms with van der Waals surface area (Å²) in [7, 11) is 0. The van der Waals surface area contributed by atoms with Crippen LogP contribution < -0.4 is 14.4 Å². The van der Waals surface area contributed by atoms with E-state index in [1.165, 1.54) is 13.8 Å². The minimum Gasteiger partial charge on any atom is -0.465 e. The molecule has 2 atom stereocenters. The van der Waals surface area contributed by atoms with Crippen molar-refractivity contribution in [1.29, 1.82) is 0 Å². The zero-order chi connectivity index (χ0) is 29.8. The number of halogens is 3. The number of benzene rings is 4. The van der Waals surface area contributed by atoms with Crippen LogP contribution >= 0.6 is 47.8 Å². The molecule has 1 aliphatic heterocycles. The van der Waals surface area contributed by atoms with Gasteiger partial charge in [-0.25, -0.2) is 0 Å². The Bertz CT molecular complexity index is 1550. The first-order valence-corrected chi connectivity index (χ1v) is 15.4. The fraction of sp³-hybridized carbons (Fsp3) is 0.188. The molecule has 0 saturated carbocycles. The first-order valence-electron chi connectivity index (χ1n) is 13.0. The third kappa shape index (κ3) is 6.99. The Morgan fingerprint density at radius 2 is 1.36 bits per heavy atom. The molecule has 7 nitrogen and oxygen atoms in total. The largest absolute Gasteiger partial charge is 0.465 e. The summed E-state index contributed by atoms with van der Waals surface area (Å²) in [5.74, 6) is -0.353. The highest BCUT2D eigenvalue weighted by molar-refractivity contribution is 9.11. The average Bonchev–Trinajstić information content (AvgIpc) is 3.43. The number of fused-ring (bicyclic) bond motifs is 1. The zero-order valence-electron chi connectivity index (χ0n) is 22.7. The summed E-state index contributed by atoms with van der Waals surface area (Å²) in [6, 6.07) is 27.3. The van der Waals surface area contributed by atoms with Crippen LogP contribution in [0.15, 0.2) is 98.3 Å². The van der Waals surface area contributed by atoms with Crippen molar-refractivity contribution < 1.29 is 28.5 Å². The maximum atomic E-state index is 12.5. The van der Waals surface area contributed by atoms with E-state index in [1.807, 2.05) is 72.8 Å². The Balaban J connectivity index is 1.71. The lowest BCUT2D eigenvalue weighted by atomic mass is 9.87. The van der Waals surface area contributed by atoms with Gasteiger partial charge >= 0.3 is 11.9 Å². The minimum atomic E-state index is -0.818. The lowest BCUT2D eigenvalue weighted by Crippen LogP contribution is -2.24. The quantitative estimate of drug-likeness (QED) is 0.158. The van der Waals surface area contributed by atoms with Crippen molar-refractivity contribution in [3.05, 3.63) is 109 Å². The van der Waals surface area contributed by atoms with Gasteiger partial charge in [-0.15, -0.1) is 0 Å². The van der Waals surface area contributed by atoms with Crippen LogP contribution in [0.1, 0.15) is 37.0 Å². The van der Waals surface area contributed by atoms with Crippen LogP contribution in [-0.2, 0) is 19.1 Å². The fourth-order valence-corrected chi connectivity index (χ4v) is 5.74. The molecule has 0 amide bonds.